The number of halogens is 4. The molecule has 2 heterocycles. The highest BCUT2D eigenvalue weighted by Crippen LogP contribution is 2.47. The number of unbranched alkanes of at least 4 members (excludes halogenated alkanes) is 4. The average molecular weight is 598 g/mol. The van der Waals surface area contributed by atoms with Crippen LogP contribution in [0.1, 0.15) is 102 Å². The molecule has 6 nitrogen and oxygen atoms in total. The molecule has 1 aromatic heterocycles. The summed E-state index contributed by atoms with van der Waals surface area (Å²) in [5.74, 6) is -4.54. The van der Waals surface area contributed by atoms with Crippen LogP contribution in [0.4, 0.5) is 17.6 Å². The van der Waals surface area contributed by atoms with Gasteiger partial charge < -0.3 is 9.47 Å². The van der Waals surface area contributed by atoms with Crippen LogP contribution in [0, 0.1) is 23.7 Å². The van der Waals surface area contributed by atoms with Crippen molar-refractivity contribution in [2.75, 3.05) is 26.4 Å². The van der Waals surface area contributed by atoms with E-state index in [0.29, 0.717) is 26.2 Å². The maximum Gasteiger partial charge on any atom is 0.288 e. The van der Waals surface area contributed by atoms with E-state index in [0.717, 1.165) is 55.4 Å². The lowest BCUT2D eigenvalue weighted by Crippen LogP contribution is -2.40. The molecule has 0 aromatic carbocycles. The van der Waals surface area contributed by atoms with Gasteiger partial charge in [-0.05, 0) is 68.4 Å². The number of fused-ring (bicyclic) bond motifs is 1. The molecule has 3 unspecified atom stereocenters. The molecule has 1 fully saturated rings. The molecule has 0 spiro atoms. The molecule has 0 N–H and O–H groups in total. The minimum absolute atomic E-state index is 0.00535. The maximum absolute atomic E-state index is 15.6. The summed E-state index contributed by atoms with van der Waals surface area (Å²) in [5.41, 5.74) is -0.696. The fraction of sp³-hybridized carbons (Fsp3) is 0.750. The summed E-state index contributed by atoms with van der Waals surface area (Å²) >= 11 is 0. The third kappa shape index (κ3) is 8.91. The number of rotatable bonds is 19. The van der Waals surface area contributed by atoms with Crippen molar-refractivity contribution in [1.29, 1.82) is 0 Å². The predicted octanol–water partition coefficient (Wildman–Crippen LogP) is 8.30. The quantitative estimate of drug-likeness (QED) is 0.0695. The third-order valence-electron chi connectivity index (χ3n) is 8.57. The topological polar surface area (TPSA) is 56.2 Å². The Morgan fingerprint density at radius 1 is 1.00 bits per heavy atom. The molecule has 0 radical (unpaired) electrons. The second kappa shape index (κ2) is 16.0. The maximum atomic E-state index is 15.6. The van der Waals surface area contributed by atoms with E-state index in [4.69, 9.17) is 14.3 Å². The highest BCUT2D eigenvalue weighted by Gasteiger charge is 2.50. The van der Waals surface area contributed by atoms with E-state index in [9.17, 15) is 8.78 Å². The molecule has 1 aromatic rings. The number of pyridine rings is 1. The van der Waals surface area contributed by atoms with E-state index in [1.54, 1.807) is 0 Å². The number of aromatic nitrogens is 1. The van der Waals surface area contributed by atoms with Gasteiger partial charge in [-0.1, -0.05) is 52.4 Å². The largest absolute Gasteiger partial charge is 0.478 e. The van der Waals surface area contributed by atoms with Gasteiger partial charge in [0.15, 0.2) is 0 Å². The molecule has 0 bridgehead atoms. The number of aryl methyl sites for hydroxylation is 1. The number of allylic oxidation sites excluding steroid dienone is 1. The summed E-state index contributed by atoms with van der Waals surface area (Å²) in [6.07, 6.45) is 12.7. The van der Waals surface area contributed by atoms with Crippen molar-refractivity contribution in [3.8, 4) is 5.88 Å². The predicted molar refractivity (Wildman–Crippen MR) is 155 cm³/mol. The summed E-state index contributed by atoms with van der Waals surface area (Å²) < 4.78 is 72.0. The smallest absolute Gasteiger partial charge is 0.288 e. The van der Waals surface area contributed by atoms with Gasteiger partial charge in [0.2, 0.25) is 11.8 Å². The molecule has 236 valence electrons. The third-order valence-corrected chi connectivity index (χ3v) is 8.57. The van der Waals surface area contributed by atoms with E-state index >= 15 is 8.78 Å². The summed E-state index contributed by atoms with van der Waals surface area (Å²) in [4.78, 5) is 12.9. The van der Waals surface area contributed by atoms with Crippen LogP contribution in [0.2, 0.25) is 0 Å². The Labute approximate surface area is 247 Å². The van der Waals surface area contributed by atoms with E-state index in [1.807, 2.05) is 0 Å². The van der Waals surface area contributed by atoms with Crippen molar-refractivity contribution in [2.24, 2.45) is 22.7 Å². The second-order valence-electron chi connectivity index (χ2n) is 11.7. The Hall–Kier alpha value is -2.20. The van der Waals surface area contributed by atoms with E-state index in [-0.39, 0.29) is 36.6 Å². The summed E-state index contributed by atoms with van der Waals surface area (Å²) in [6.45, 7) is 6.12. The molecule has 42 heavy (non-hydrogen) atoms. The molecular weight excluding hydrogens is 550 g/mol. The van der Waals surface area contributed by atoms with Crippen LogP contribution in [0.15, 0.2) is 23.3 Å². The van der Waals surface area contributed by atoms with Crippen molar-refractivity contribution in [3.63, 3.8) is 0 Å². The lowest BCUT2D eigenvalue weighted by Gasteiger charge is -2.35. The Morgan fingerprint density at radius 2 is 1.79 bits per heavy atom. The van der Waals surface area contributed by atoms with Crippen molar-refractivity contribution in [2.45, 2.75) is 110 Å². The van der Waals surface area contributed by atoms with Gasteiger partial charge in [-0.25, -0.2) is 18.8 Å². The summed E-state index contributed by atoms with van der Waals surface area (Å²) in [7, 11) is 0. The van der Waals surface area contributed by atoms with Crippen LogP contribution in [0.25, 0.3) is 0 Å². The van der Waals surface area contributed by atoms with E-state index in [2.05, 4.69) is 23.8 Å². The van der Waals surface area contributed by atoms with Crippen LogP contribution < -0.4 is 4.74 Å². The molecular formula is C32H47F4N3O3. The average Bonchev–Trinajstić information content (AvgIpc) is 3.80. The zero-order valence-corrected chi connectivity index (χ0v) is 25.1. The van der Waals surface area contributed by atoms with Crippen molar-refractivity contribution >= 4 is 5.71 Å². The van der Waals surface area contributed by atoms with Crippen LogP contribution in [-0.4, -0.2) is 48.6 Å². The van der Waals surface area contributed by atoms with Gasteiger partial charge in [-0.2, -0.15) is 13.8 Å². The van der Waals surface area contributed by atoms with Gasteiger partial charge in [0.25, 0.3) is 12.3 Å². The van der Waals surface area contributed by atoms with Gasteiger partial charge in [-0.15, -0.1) is 0 Å². The Morgan fingerprint density at radius 3 is 2.52 bits per heavy atom. The van der Waals surface area contributed by atoms with Gasteiger partial charge in [0.05, 0.1) is 30.4 Å². The molecule has 0 amide bonds. The van der Waals surface area contributed by atoms with E-state index < -0.39 is 29.8 Å². The van der Waals surface area contributed by atoms with Crippen LogP contribution in [0.3, 0.4) is 0 Å². The standard InChI is InChI=1S/C32H47F4N3O3/c1-3-5-8-18-40-19-10-21-42-39-17-16-27(37-31(39)34)26-15-14-25-22-28(38-30(33)29(25)32(26,35)36)41-20-9-6-7-11-23(4-2)24-12-13-24/h16-17,22-24,26,31H,3-15,18-21H2,1-2H3. The Kier molecular flexibility index (Phi) is 12.5. The highest BCUT2D eigenvalue weighted by atomic mass is 19.3. The monoisotopic (exact) mass is 597 g/mol. The van der Waals surface area contributed by atoms with Gasteiger partial charge in [0, 0.05) is 25.5 Å². The van der Waals surface area contributed by atoms with Crippen LogP contribution in [0.5, 0.6) is 5.88 Å². The highest BCUT2D eigenvalue weighted by molar-refractivity contribution is 5.98. The SMILES string of the molecule is CCCCCOCCCON1C=CC(C2CCc3cc(OCCCCCC(CC)C4CC4)nc(F)c3C2(F)F)=NC1F. The molecule has 4 rings (SSSR count). The van der Waals surface area contributed by atoms with Gasteiger partial charge in [-0.3, -0.25) is 4.84 Å². The van der Waals surface area contributed by atoms with E-state index in [1.165, 1.54) is 44.0 Å². The number of nitrogens with zero attached hydrogens (tertiary/aromatic N) is 3. The fourth-order valence-electron chi connectivity index (χ4n) is 5.99. The normalized spacial score (nSPS) is 22.1. The van der Waals surface area contributed by atoms with Gasteiger partial charge >= 0.3 is 0 Å². The first-order valence-corrected chi connectivity index (χ1v) is 15.9. The number of hydrogen-bond donors (Lipinski definition) is 0. The number of ether oxygens (including phenoxy) is 2. The van der Waals surface area contributed by atoms with Gasteiger partial charge in [0.1, 0.15) is 0 Å². The minimum atomic E-state index is -3.60. The molecule has 0 saturated heterocycles. The zero-order chi connectivity index (χ0) is 30.0. The van der Waals surface area contributed by atoms with Crippen molar-refractivity contribution in [1.82, 2.24) is 10.0 Å². The number of hydroxylamine groups is 2. The molecule has 10 heteroatoms. The molecule has 1 aliphatic heterocycles. The fourth-order valence-corrected chi connectivity index (χ4v) is 5.99. The first-order valence-electron chi connectivity index (χ1n) is 15.9. The van der Waals surface area contributed by atoms with Crippen LogP contribution in [-0.2, 0) is 21.9 Å². The molecule has 3 atom stereocenters. The summed E-state index contributed by atoms with van der Waals surface area (Å²) in [6, 6.07) is 1.42. The lowest BCUT2D eigenvalue weighted by molar-refractivity contribution is -0.182. The molecule has 1 saturated carbocycles. The molecule has 2 aliphatic carbocycles. The first kappa shape index (κ1) is 32.7. The zero-order valence-electron chi connectivity index (χ0n) is 25.1. The Balaban J connectivity index is 1.24. The van der Waals surface area contributed by atoms with Crippen molar-refractivity contribution < 1.29 is 31.9 Å². The number of alkyl halides is 3. The second-order valence-corrected chi connectivity index (χ2v) is 11.7. The minimum Gasteiger partial charge on any atom is -0.478 e. The van der Waals surface area contributed by atoms with Crippen LogP contribution >= 0.6 is 0 Å². The number of aliphatic imine (C=N–C) groups is 1. The lowest BCUT2D eigenvalue weighted by atomic mass is 9.78. The number of hydrogen-bond acceptors (Lipinski definition) is 6. The van der Waals surface area contributed by atoms with Crippen molar-refractivity contribution in [3.05, 3.63) is 35.4 Å². The Bertz CT molecular complexity index is 1050. The summed E-state index contributed by atoms with van der Waals surface area (Å²) in [5, 5.41) is 0.899. The molecule has 3 aliphatic rings. The first-order chi connectivity index (χ1) is 20.3.